The summed E-state index contributed by atoms with van der Waals surface area (Å²) in [5.74, 6) is 0. The van der Waals surface area contributed by atoms with Gasteiger partial charge in [0.05, 0.1) is 6.54 Å². The Morgan fingerprint density at radius 1 is 1.58 bits per heavy atom. The van der Waals surface area contributed by atoms with Gasteiger partial charge in [-0.1, -0.05) is 0 Å². The van der Waals surface area contributed by atoms with Gasteiger partial charge in [0.2, 0.25) is 6.08 Å². The quantitative estimate of drug-likeness (QED) is 0.582. The van der Waals surface area contributed by atoms with Crippen LogP contribution in [0.5, 0.6) is 0 Å². The van der Waals surface area contributed by atoms with Gasteiger partial charge in [-0.25, -0.2) is 9.79 Å². The molecule has 0 aromatic carbocycles. The van der Waals surface area contributed by atoms with E-state index in [1.807, 2.05) is 12.1 Å². The van der Waals surface area contributed by atoms with Crippen molar-refractivity contribution in [1.82, 2.24) is 4.98 Å². The maximum absolute atomic E-state index is 9.73. The summed E-state index contributed by atoms with van der Waals surface area (Å²) in [7, 11) is 0. The molecule has 1 rings (SSSR count). The summed E-state index contributed by atoms with van der Waals surface area (Å²) in [5, 5.41) is 0. The summed E-state index contributed by atoms with van der Waals surface area (Å²) in [6, 6.07) is 3.80. The van der Waals surface area contributed by atoms with Crippen LogP contribution >= 0.6 is 15.9 Å². The average Bonchev–Trinajstić information content (AvgIpc) is 2.09. The summed E-state index contributed by atoms with van der Waals surface area (Å²) < 4.78 is 0.949. The predicted octanol–water partition coefficient (Wildman–Crippen LogP) is 1.72. The lowest BCUT2D eigenvalue weighted by molar-refractivity contribution is 0.563. The highest BCUT2D eigenvalue weighted by Gasteiger charge is 1.92. The maximum Gasteiger partial charge on any atom is 0.234 e. The van der Waals surface area contributed by atoms with Gasteiger partial charge in [-0.3, -0.25) is 4.98 Å². The fourth-order valence-corrected chi connectivity index (χ4v) is 1.00. The minimum atomic E-state index is 0.456. The molecule has 4 heteroatoms. The molecule has 1 aromatic rings. The second-order valence-corrected chi connectivity index (χ2v) is 3.11. The molecule has 0 saturated heterocycles. The van der Waals surface area contributed by atoms with Gasteiger partial charge in [-0.2, -0.15) is 0 Å². The minimum absolute atomic E-state index is 0.456. The molecular weight excluding hydrogens is 220 g/mol. The molecule has 1 heterocycles. The monoisotopic (exact) mass is 226 g/mol. The second kappa shape index (κ2) is 4.80. The largest absolute Gasteiger partial charge is 0.260 e. The number of hydrogen-bond acceptors (Lipinski definition) is 3. The zero-order chi connectivity index (χ0) is 8.81. The van der Waals surface area contributed by atoms with Crippen LogP contribution in [-0.2, 0) is 11.2 Å². The molecule has 1 aromatic heterocycles. The highest BCUT2D eigenvalue weighted by molar-refractivity contribution is 9.10. The molecule has 0 radical (unpaired) electrons. The van der Waals surface area contributed by atoms with Crippen LogP contribution in [0, 0.1) is 0 Å². The van der Waals surface area contributed by atoms with Crippen molar-refractivity contribution in [3.63, 3.8) is 0 Å². The van der Waals surface area contributed by atoms with E-state index < -0.39 is 0 Å². The van der Waals surface area contributed by atoms with E-state index in [4.69, 9.17) is 0 Å². The molecular formula is C8H7BrN2O. The molecule has 0 bridgehead atoms. The number of aromatic nitrogens is 1. The standard InChI is InChI=1S/C8H7BrN2O/c9-7-1-2-8(11-5-7)3-4-10-6-12/h1-2,5H,3-4H2. The van der Waals surface area contributed by atoms with Crippen molar-refractivity contribution in [1.29, 1.82) is 0 Å². The average molecular weight is 227 g/mol. The van der Waals surface area contributed by atoms with Crippen LogP contribution in [0.1, 0.15) is 5.69 Å². The van der Waals surface area contributed by atoms with E-state index in [1.54, 1.807) is 6.20 Å². The van der Waals surface area contributed by atoms with Gasteiger partial charge in [-0.15, -0.1) is 0 Å². The minimum Gasteiger partial charge on any atom is -0.260 e. The third-order valence-electron chi connectivity index (χ3n) is 1.33. The molecule has 0 saturated carbocycles. The molecule has 0 aliphatic rings. The number of pyridine rings is 1. The number of halogens is 1. The lowest BCUT2D eigenvalue weighted by atomic mass is 10.3. The number of hydrogen-bond donors (Lipinski definition) is 0. The number of isocyanates is 1. The summed E-state index contributed by atoms with van der Waals surface area (Å²) in [5.41, 5.74) is 0.928. The maximum atomic E-state index is 9.73. The van der Waals surface area contributed by atoms with Crippen LogP contribution in [-0.4, -0.2) is 17.6 Å². The molecule has 0 spiro atoms. The van der Waals surface area contributed by atoms with E-state index in [2.05, 4.69) is 25.9 Å². The van der Waals surface area contributed by atoms with Crippen molar-refractivity contribution in [2.45, 2.75) is 6.42 Å². The molecule has 0 atom stereocenters. The highest BCUT2D eigenvalue weighted by Crippen LogP contribution is 2.07. The Hall–Kier alpha value is -0.990. The van der Waals surface area contributed by atoms with Crippen molar-refractivity contribution in [2.24, 2.45) is 4.99 Å². The lowest BCUT2D eigenvalue weighted by Crippen LogP contribution is -1.92. The smallest absolute Gasteiger partial charge is 0.234 e. The topological polar surface area (TPSA) is 42.3 Å². The van der Waals surface area contributed by atoms with E-state index >= 15 is 0 Å². The van der Waals surface area contributed by atoms with Crippen molar-refractivity contribution in [3.05, 3.63) is 28.5 Å². The third kappa shape index (κ3) is 2.95. The molecule has 12 heavy (non-hydrogen) atoms. The van der Waals surface area contributed by atoms with E-state index in [1.165, 1.54) is 6.08 Å². The molecule has 62 valence electrons. The Kier molecular flexibility index (Phi) is 3.64. The normalized spacial score (nSPS) is 9.08. The van der Waals surface area contributed by atoms with E-state index in [0.29, 0.717) is 13.0 Å². The Morgan fingerprint density at radius 2 is 2.42 bits per heavy atom. The van der Waals surface area contributed by atoms with E-state index in [0.717, 1.165) is 10.2 Å². The number of rotatable bonds is 3. The van der Waals surface area contributed by atoms with Crippen LogP contribution < -0.4 is 0 Å². The first kappa shape index (κ1) is 9.10. The molecule has 0 aliphatic carbocycles. The number of aliphatic imine (C=N–C) groups is 1. The summed E-state index contributed by atoms with van der Waals surface area (Å²) >= 11 is 3.28. The van der Waals surface area contributed by atoms with Crippen LogP contribution in [0.4, 0.5) is 0 Å². The Balaban J connectivity index is 2.53. The first-order valence-corrected chi connectivity index (χ1v) is 4.26. The van der Waals surface area contributed by atoms with Crippen molar-refractivity contribution >= 4 is 22.0 Å². The van der Waals surface area contributed by atoms with E-state index in [9.17, 15) is 4.79 Å². The van der Waals surface area contributed by atoms with Crippen LogP contribution in [0.3, 0.4) is 0 Å². The van der Waals surface area contributed by atoms with Gasteiger partial charge in [0, 0.05) is 22.8 Å². The Labute approximate surface area is 78.7 Å². The van der Waals surface area contributed by atoms with Crippen LogP contribution in [0.2, 0.25) is 0 Å². The second-order valence-electron chi connectivity index (χ2n) is 2.19. The SMILES string of the molecule is O=C=NCCc1ccc(Br)cn1. The molecule has 0 aliphatic heterocycles. The number of carbonyl (C=O) groups excluding carboxylic acids is 1. The van der Waals surface area contributed by atoms with Crippen molar-refractivity contribution in [2.75, 3.05) is 6.54 Å². The molecule has 0 N–H and O–H groups in total. The zero-order valence-corrected chi connectivity index (χ0v) is 7.91. The highest BCUT2D eigenvalue weighted by atomic mass is 79.9. The zero-order valence-electron chi connectivity index (χ0n) is 6.33. The lowest BCUT2D eigenvalue weighted by Gasteiger charge is -1.95. The molecule has 0 fully saturated rings. The van der Waals surface area contributed by atoms with Crippen LogP contribution in [0.15, 0.2) is 27.8 Å². The van der Waals surface area contributed by atoms with Gasteiger partial charge in [0.25, 0.3) is 0 Å². The fraction of sp³-hybridized carbons (Fsp3) is 0.250. The van der Waals surface area contributed by atoms with Gasteiger partial charge >= 0.3 is 0 Å². The van der Waals surface area contributed by atoms with Gasteiger partial charge < -0.3 is 0 Å². The van der Waals surface area contributed by atoms with Crippen LogP contribution in [0.25, 0.3) is 0 Å². The molecule has 0 amide bonds. The summed E-state index contributed by atoms with van der Waals surface area (Å²) in [4.78, 5) is 17.3. The summed E-state index contributed by atoms with van der Waals surface area (Å²) in [6.07, 6.45) is 3.89. The Bertz CT molecular complexity index is 290. The van der Waals surface area contributed by atoms with Crippen molar-refractivity contribution < 1.29 is 4.79 Å². The van der Waals surface area contributed by atoms with Gasteiger partial charge in [0.15, 0.2) is 0 Å². The third-order valence-corrected chi connectivity index (χ3v) is 1.80. The first-order valence-electron chi connectivity index (χ1n) is 3.47. The predicted molar refractivity (Wildman–Crippen MR) is 48.6 cm³/mol. The summed E-state index contributed by atoms with van der Waals surface area (Å²) in [6.45, 7) is 0.456. The van der Waals surface area contributed by atoms with Gasteiger partial charge in [0.1, 0.15) is 0 Å². The molecule has 0 unspecified atom stereocenters. The molecule has 3 nitrogen and oxygen atoms in total. The Morgan fingerprint density at radius 3 is 3.00 bits per heavy atom. The van der Waals surface area contributed by atoms with Gasteiger partial charge in [-0.05, 0) is 28.1 Å². The number of nitrogens with zero attached hydrogens (tertiary/aromatic N) is 2. The van der Waals surface area contributed by atoms with Crippen molar-refractivity contribution in [3.8, 4) is 0 Å². The first-order chi connectivity index (χ1) is 5.83. The fourth-order valence-electron chi connectivity index (χ4n) is 0.770. The van der Waals surface area contributed by atoms with E-state index in [-0.39, 0.29) is 0 Å².